The predicted molar refractivity (Wildman–Crippen MR) is 74.0 cm³/mol. The molecule has 0 amide bonds. The molecule has 2 nitrogen and oxygen atoms in total. The quantitative estimate of drug-likeness (QED) is 0.634. The van der Waals surface area contributed by atoms with Crippen molar-refractivity contribution in [3.63, 3.8) is 0 Å². The Balaban J connectivity index is 2.32. The largest absolute Gasteiger partial charge is 0.311 e. The van der Waals surface area contributed by atoms with Crippen LogP contribution in [0.1, 0.15) is 12.5 Å². The van der Waals surface area contributed by atoms with E-state index in [1.54, 1.807) is 6.07 Å². The summed E-state index contributed by atoms with van der Waals surface area (Å²) < 4.78 is 13.8. The minimum atomic E-state index is -0.168. The molecular formula is C12H18FIN2. The van der Waals surface area contributed by atoms with Gasteiger partial charge in [-0.1, -0.05) is 13.0 Å². The minimum absolute atomic E-state index is 0.168. The van der Waals surface area contributed by atoms with Gasteiger partial charge >= 0.3 is 0 Å². The SMILES string of the molecule is CCN(C)CCNCc1ccc(F)cc1I. The van der Waals surface area contributed by atoms with E-state index >= 15 is 0 Å². The molecule has 0 bridgehead atoms. The highest BCUT2D eigenvalue weighted by Crippen LogP contribution is 2.13. The summed E-state index contributed by atoms with van der Waals surface area (Å²) in [5.41, 5.74) is 1.15. The topological polar surface area (TPSA) is 15.3 Å². The van der Waals surface area contributed by atoms with E-state index in [0.717, 1.165) is 35.3 Å². The summed E-state index contributed by atoms with van der Waals surface area (Å²) in [6.07, 6.45) is 0. The third kappa shape index (κ3) is 4.76. The Bertz CT molecular complexity index is 331. The van der Waals surface area contributed by atoms with Gasteiger partial charge in [-0.3, -0.25) is 0 Å². The first-order chi connectivity index (χ1) is 7.63. The maximum Gasteiger partial charge on any atom is 0.124 e. The van der Waals surface area contributed by atoms with E-state index in [-0.39, 0.29) is 5.82 Å². The summed E-state index contributed by atoms with van der Waals surface area (Å²) in [5.74, 6) is -0.168. The van der Waals surface area contributed by atoms with Crippen LogP contribution in [0.5, 0.6) is 0 Å². The van der Waals surface area contributed by atoms with Gasteiger partial charge in [-0.2, -0.15) is 0 Å². The second kappa shape index (κ2) is 7.19. The average molecular weight is 336 g/mol. The Hall–Kier alpha value is -0.200. The van der Waals surface area contributed by atoms with E-state index in [9.17, 15) is 4.39 Å². The molecule has 0 aromatic heterocycles. The van der Waals surface area contributed by atoms with E-state index in [2.05, 4.69) is 46.8 Å². The molecule has 0 spiro atoms. The lowest BCUT2D eigenvalue weighted by molar-refractivity contribution is 0.349. The zero-order chi connectivity index (χ0) is 12.0. The Morgan fingerprint density at radius 2 is 2.19 bits per heavy atom. The van der Waals surface area contributed by atoms with Gasteiger partial charge in [0.1, 0.15) is 5.82 Å². The molecule has 1 aromatic rings. The molecule has 0 saturated carbocycles. The van der Waals surface area contributed by atoms with Gasteiger partial charge in [0.05, 0.1) is 0 Å². The van der Waals surface area contributed by atoms with Gasteiger partial charge in [0, 0.05) is 23.2 Å². The smallest absolute Gasteiger partial charge is 0.124 e. The fourth-order valence-electron chi connectivity index (χ4n) is 1.32. The van der Waals surface area contributed by atoms with Crippen LogP contribution in [0.3, 0.4) is 0 Å². The van der Waals surface area contributed by atoms with Crippen LogP contribution in [0.15, 0.2) is 18.2 Å². The Morgan fingerprint density at radius 1 is 1.44 bits per heavy atom. The molecule has 4 heteroatoms. The van der Waals surface area contributed by atoms with Crippen molar-refractivity contribution >= 4 is 22.6 Å². The van der Waals surface area contributed by atoms with E-state index in [1.807, 2.05) is 6.07 Å². The van der Waals surface area contributed by atoms with E-state index in [0.29, 0.717) is 0 Å². The third-order valence-electron chi connectivity index (χ3n) is 2.54. The van der Waals surface area contributed by atoms with Crippen LogP contribution < -0.4 is 5.32 Å². The second-order valence-electron chi connectivity index (χ2n) is 3.81. The molecule has 0 aliphatic carbocycles. The van der Waals surface area contributed by atoms with Gasteiger partial charge in [0.15, 0.2) is 0 Å². The normalized spacial score (nSPS) is 11.1. The fraction of sp³-hybridized carbons (Fsp3) is 0.500. The predicted octanol–water partition coefficient (Wildman–Crippen LogP) is 2.47. The molecule has 0 saturated heterocycles. The van der Waals surface area contributed by atoms with Gasteiger partial charge in [0.2, 0.25) is 0 Å². The minimum Gasteiger partial charge on any atom is -0.311 e. The van der Waals surface area contributed by atoms with Crippen LogP contribution in [-0.2, 0) is 6.54 Å². The van der Waals surface area contributed by atoms with Crippen molar-refractivity contribution < 1.29 is 4.39 Å². The monoisotopic (exact) mass is 336 g/mol. The van der Waals surface area contributed by atoms with Crippen molar-refractivity contribution in [3.05, 3.63) is 33.1 Å². The lowest BCUT2D eigenvalue weighted by Gasteiger charge is -2.14. The van der Waals surface area contributed by atoms with Gasteiger partial charge in [-0.05, 0) is 53.9 Å². The average Bonchev–Trinajstić information content (AvgIpc) is 2.26. The Morgan fingerprint density at radius 3 is 2.81 bits per heavy atom. The zero-order valence-electron chi connectivity index (χ0n) is 9.76. The summed E-state index contributed by atoms with van der Waals surface area (Å²) in [7, 11) is 2.10. The summed E-state index contributed by atoms with van der Waals surface area (Å²) in [4.78, 5) is 2.25. The summed E-state index contributed by atoms with van der Waals surface area (Å²) in [6, 6.07) is 4.92. The van der Waals surface area contributed by atoms with Crippen LogP contribution in [0.2, 0.25) is 0 Å². The first-order valence-electron chi connectivity index (χ1n) is 5.46. The number of benzene rings is 1. The molecule has 0 aliphatic rings. The van der Waals surface area contributed by atoms with Crippen LogP contribution in [-0.4, -0.2) is 31.6 Å². The van der Waals surface area contributed by atoms with Gasteiger partial charge in [-0.15, -0.1) is 0 Å². The standard InChI is InChI=1S/C12H18FIN2/c1-3-16(2)7-6-15-9-10-4-5-11(13)8-12(10)14/h4-5,8,15H,3,6-7,9H2,1-2H3. The number of nitrogens with one attached hydrogen (secondary N) is 1. The van der Waals surface area contributed by atoms with Crippen molar-refractivity contribution in [2.45, 2.75) is 13.5 Å². The van der Waals surface area contributed by atoms with E-state index in [4.69, 9.17) is 0 Å². The molecule has 0 radical (unpaired) electrons. The molecule has 1 aromatic carbocycles. The molecule has 0 heterocycles. The van der Waals surface area contributed by atoms with Crippen molar-refractivity contribution in [2.75, 3.05) is 26.7 Å². The number of halogens is 2. The van der Waals surface area contributed by atoms with Crippen LogP contribution in [0.25, 0.3) is 0 Å². The first kappa shape index (κ1) is 13.9. The summed E-state index contributed by atoms with van der Waals surface area (Å²) >= 11 is 2.17. The third-order valence-corrected chi connectivity index (χ3v) is 3.54. The number of hydrogen-bond donors (Lipinski definition) is 1. The maximum atomic E-state index is 12.9. The fourth-order valence-corrected chi connectivity index (χ4v) is 1.98. The van der Waals surface area contributed by atoms with Gasteiger partial charge < -0.3 is 10.2 Å². The molecule has 90 valence electrons. The molecule has 0 atom stereocenters. The Kier molecular flexibility index (Phi) is 6.23. The van der Waals surface area contributed by atoms with Crippen molar-refractivity contribution in [1.82, 2.24) is 10.2 Å². The molecule has 1 rings (SSSR count). The molecule has 0 aliphatic heterocycles. The lowest BCUT2D eigenvalue weighted by atomic mass is 10.2. The van der Waals surface area contributed by atoms with E-state index in [1.165, 1.54) is 6.07 Å². The number of likely N-dealkylation sites (N-methyl/N-ethyl adjacent to an activating group) is 1. The van der Waals surface area contributed by atoms with Crippen LogP contribution in [0.4, 0.5) is 4.39 Å². The van der Waals surface area contributed by atoms with Crippen molar-refractivity contribution in [1.29, 1.82) is 0 Å². The molecule has 1 N–H and O–H groups in total. The number of hydrogen-bond acceptors (Lipinski definition) is 2. The zero-order valence-corrected chi connectivity index (χ0v) is 11.9. The highest BCUT2D eigenvalue weighted by atomic mass is 127. The maximum absolute atomic E-state index is 12.9. The number of rotatable bonds is 6. The highest BCUT2D eigenvalue weighted by Gasteiger charge is 2.01. The molecule has 0 fully saturated rings. The molecular weight excluding hydrogens is 318 g/mol. The van der Waals surface area contributed by atoms with Crippen LogP contribution >= 0.6 is 22.6 Å². The molecule has 16 heavy (non-hydrogen) atoms. The van der Waals surface area contributed by atoms with Crippen molar-refractivity contribution in [2.24, 2.45) is 0 Å². The lowest BCUT2D eigenvalue weighted by Crippen LogP contribution is -2.28. The molecule has 0 unspecified atom stereocenters. The van der Waals surface area contributed by atoms with E-state index < -0.39 is 0 Å². The van der Waals surface area contributed by atoms with Crippen LogP contribution in [0, 0.1) is 9.39 Å². The first-order valence-corrected chi connectivity index (χ1v) is 6.54. The summed E-state index contributed by atoms with van der Waals surface area (Å²) in [6.45, 7) is 6.00. The van der Waals surface area contributed by atoms with Gasteiger partial charge in [0.25, 0.3) is 0 Å². The van der Waals surface area contributed by atoms with Crippen molar-refractivity contribution in [3.8, 4) is 0 Å². The highest BCUT2D eigenvalue weighted by molar-refractivity contribution is 14.1. The second-order valence-corrected chi connectivity index (χ2v) is 4.97. The summed E-state index contributed by atoms with van der Waals surface area (Å²) in [5, 5.41) is 3.36. The number of nitrogens with zero attached hydrogens (tertiary/aromatic N) is 1. The Labute approximate surface area is 110 Å². The van der Waals surface area contributed by atoms with Gasteiger partial charge in [-0.25, -0.2) is 4.39 Å².